The van der Waals surface area contributed by atoms with Gasteiger partial charge in [0.05, 0.1) is 28.1 Å². The van der Waals surface area contributed by atoms with Crippen molar-refractivity contribution in [2.75, 3.05) is 37.6 Å². The molecule has 1 saturated heterocycles. The van der Waals surface area contributed by atoms with E-state index in [1.165, 1.54) is 5.56 Å². The topological polar surface area (TPSA) is 35.2 Å². The average Bonchev–Trinajstić information content (AvgIpc) is 3.09. The molecule has 124 valence electrons. The summed E-state index contributed by atoms with van der Waals surface area (Å²) >= 11 is 6.31. The maximum absolute atomic E-state index is 6.31. The van der Waals surface area contributed by atoms with Gasteiger partial charge in [-0.15, -0.1) is 0 Å². The van der Waals surface area contributed by atoms with Gasteiger partial charge in [0.2, 0.25) is 0 Å². The van der Waals surface area contributed by atoms with Crippen molar-refractivity contribution in [2.45, 2.75) is 6.42 Å². The first kappa shape index (κ1) is 15.5. The van der Waals surface area contributed by atoms with E-state index in [1.807, 2.05) is 12.1 Å². The molecule has 4 nitrogen and oxygen atoms in total. The molecule has 5 heteroatoms. The van der Waals surface area contributed by atoms with Crippen LogP contribution < -0.4 is 4.90 Å². The van der Waals surface area contributed by atoms with Crippen molar-refractivity contribution in [1.82, 2.24) is 14.9 Å². The highest BCUT2D eigenvalue weighted by Gasteiger charge is 2.18. The minimum Gasteiger partial charge on any atom is -0.368 e. The number of aromatic amines is 1. The van der Waals surface area contributed by atoms with Gasteiger partial charge in [-0.1, -0.05) is 29.8 Å². The Kier molecular flexibility index (Phi) is 4.41. The molecule has 1 aliphatic rings. The van der Waals surface area contributed by atoms with Gasteiger partial charge in [0.25, 0.3) is 0 Å². The third kappa shape index (κ3) is 3.25. The lowest BCUT2D eigenvalue weighted by Crippen LogP contribution is -2.47. The van der Waals surface area contributed by atoms with E-state index in [-0.39, 0.29) is 0 Å². The SMILES string of the molecule is Clc1ccccc1N1CCN(CCc2ccc3nc[nH]c3c2)CC1. The maximum atomic E-state index is 6.31. The molecule has 4 rings (SSSR count). The van der Waals surface area contributed by atoms with Crippen LogP contribution in [-0.2, 0) is 6.42 Å². The quantitative estimate of drug-likeness (QED) is 0.788. The number of imidazole rings is 1. The summed E-state index contributed by atoms with van der Waals surface area (Å²) in [6, 6.07) is 14.6. The second kappa shape index (κ2) is 6.83. The van der Waals surface area contributed by atoms with Gasteiger partial charge in [-0.25, -0.2) is 4.98 Å². The Bertz CT molecular complexity index is 821. The fourth-order valence-corrected chi connectivity index (χ4v) is 3.60. The summed E-state index contributed by atoms with van der Waals surface area (Å²) in [6.45, 7) is 5.32. The summed E-state index contributed by atoms with van der Waals surface area (Å²) < 4.78 is 0. The first-order chi connectivity index (χ1) is 11.8. The predicted octanol–water partition coefficient (Wildman–Crippen LogP) is 3.58. The molecule has 0 atom stereocenters. The zero-order chi connectivity index (χ0) is 16.4. The van der Waals surface area contributed by atoms with Crippen molar-refractivity contribution in [3.63, 3.8) is 0 Å². The van der Waals surface area contributed by atoms with Crippen molar-refractivity contribution in [3.05, 3.63) is 59.4 Å². The lowest BCUT2D eigenvalue weighted by atomic mass is 10.1. The standard InChI is InChI=1S/C19H21ClN4/c20-16-3-1-2-4-19(16)24-11-9-23(10-12-24)8-7-15-5-6-17-18(13-15)22-14-21-17/h1-6,13-14H,7-12H2,(H,21,22). The number of aromatic nitrogens is 2. The molecule has 0 spiro atoms. The first-order valence-electron chi connectivity index (χ1n) is 8.43. The number of rotatable bonds is 4. The molecule has 0 unspecified atom stereocenters. The van der Waals surface area contributed by atoms with Gasteiger partial charge >= 0.3 is 0 Å². The van der Waals surface area contributed by atoms with Gasteiger partial charge in [0.15, 0.2) is 0 Å². The van der Waals surface area contributed by atoms with E-state index in [4.69, 9.17) is 11.6 Å². The van der Waals surface area contributed by atoms with E-state index in [0.29, 0.717) is 0 Å². The zero-order valence-electron chi connectivity index (χ0n) is 13.6. The van der Waals surface area contributed by atoms with Crippen LogP contribution in [0.1, 0.15) is 5.56 Å². The van der Waals surface area contributed by atoms with Crippen LogP contribution in [0.25, 0.3) is 11.0 Å². The summed E-state index contributed by atoms with van der Waals surface area (Å²) in [5.41, 5.74) is 4.67. The van der Waals surface area contributed by atoms with Gasteiger partial charge < -0.3 is 9.88 Å². The lowest BCUT2D eigenvalue weighted by molar-refractivity contribution is 0.261. The second-order valence-corrected chi connectivity index (χ2v) is 6.69. The second-order valence-electron chi connectivity index (χ2n) is 6.28. The molecule has 0 saturated carbocycles. The Morgan fingerprint density at radius 1 is 1.04 bits per heavy atom. The van der Waals surface area contributed by atoms with Gasteiger partial charge in [-0.05, 0) is 36.2 Å². The number of benzene rings is 2. The third-order valence-corrected chi connectivity index (χ3v) is 5.09. The molecule has 2 heterocycles. The van der Waals surface area contributed by atoms with E-state index in [9.17, 15) is 0 Å². The fourth-order valence-electron chi connectivity index (χ4n) is 3.35. The summed E-state index contributed by atoms with van der Waals surface area (Å²) in [4.78, 5) is 12.4. The highest BCUT2D eigenvalue weighted by Crippen LogP contribution is 2.26. The number of halogens is 1. The van der Waals surface area contributed by atoms with Crippen LogP contribution >= 0.6 is 11.6 Å². The molecule has 0 amide bonds. The first-order valence-corrected chi connectivity index (χ1v) is 8.81. The molecule has 2 aromatic carbocycles. The monoisotopic (exact) mass is 340 g/mol. The number of nitrogens with zero attached hydrogens (tertiary/aromatic N) is 3. The normalized spacial score (nSPS) is 16.0. The van der Waals surface area contributed by atoms with Crippen LogP contribution in [0.2, 0.25) is 5.02 Å². The Balaban J connectivity index is 1.32. The molecule has 1 aliphatic heterocycles. The Morgan fingerprint density at radius 2 is 1.88 bits per heavy atom. The van der Waals surface area contributed by atoms with Crippen LogP contribution in [0.4, 0.5) is 5.69 Å². The molecule has 3 aromatic rings. The summed E-state index contributed by atoms with van der Waals surface area (Å²) in [5, 5.41) is 0.846. The number of hydrogen-bond acceptors (Lipinski definition) is 3. The molecule has 24 heavy (non-hydrogen) atoms. The van der Waals surface area contributed by atoms with Crippen molar-refractivity contribution in [2.24, 2.45) is 0 Å². The van der Waals surface area contributed by atoms with Crippen LogP contribution in [0.15, 0.2) is 48.8 Å². The smallest absolute Gasteiger partial charge is 0.0931 e. The Morgan fingerprint density at radius 3 is 2.71 bits per heavy atom. The Labute approximate surface area is 147 Å². The maximum Gasteiger partial charge on any atom is 0.0931 e. The van der Waals surface area contributed by atoms with E-state index < -0.39 is 0 Å². The minimum atomic E-state index is 0.846. The van der Waals surface area contributed by atoms with Gasteiger partial charge in [0.1, 0.15) is 0 Å². The summed E-state index contributed by atoms with van der Waals surface area (Å²) in [6.07, 6.45) is 2.82. The van der Waals surface area contributed by atoms with E-state index in [2.05, 4.69) is 50.1 Å². The van der Waals surface area contributed by atoms with E-state index in [0.717, 1.165) is 60.9 Å². The molecular weight excluding hydrogens is 320 g/mol. The Hall–Kier alpha value is -2.04. The van der Waals surface area contributed by atoms with Crippen molar-refractivity contribution >= 4 is 28.3 Å². The van der Waals surface area contributed by atoms with Crippen LogP contribution in [0.5, 0.6) is 0 Å². The van der Waals surface area contributed by atoms with Gasteiger partial charge in [-0.3, -0.25) is 4.90 Å². The predicted molar refractivity (Wildman–Crippen MR) is 99.9 cm³/mol. The number of piperazine rings is 1. The van der Waals surface area contributed by atoms with Gasteiger partial charge in [-0.2, -0.15) is 0 Å². The summed E-state index contributed by atoms with van der Waals surface area (Å²) in [7, 11) is 0. The van der Waals surface area contributed by atoms with E-state index in [1.54, 1.807) is 6.33 Å². The molecule has 1 fully saturated rings. The fraction of sp³-hybridized carbons (Fsp3) is 0.316. The highest BCUT2D eigenvalue weighted by molar-refractivity contribution is 6.33. The van der Waals surface area contributed by atoms with Crippen molar-refractivity contribution < 1.29 is 0 Å². The van der Waals surface area contributed by atoms with Crippen molar-refractivity contribution in [3.8, 4) is 0 Å². The molecule has 0 aliphatic carbocycles. The zero-order valence-corrected chi connectivity index (χ0v) is 14.3. The number of H-pyrrole nitrogens is 1. The van der Waals surface area contributed by atoms with E-state index >= 15 is 0 Å². The highest BCUT2D eigenvalue weighted by atomic mass is 35.5. The van der Waals surface area contributed by atoms with Crippen LogP contribution in [0.3, 0.4) is 0 Å². The summed E-state index contributed by atoms with van der Waals surface area (Å²) in [5.74, 6) is 0. The van der Waals surface area contributed by atoms with Crippen LogP contribution in [-0.4, -0.2) is 47.6 Å². The molecule has 0 bridgehead atoms. The number of para-hydroxylation sites is 1. The van der Waals surface area contributed by atoms with Crippen molar-refractivity contribution in [1.29, 1.82) is 0 Å². The molecule has 1 N–H and O–H groups in total. The largest absolute Gasteiger partial charge is 0.368 e. The molecule has 1 aromatic heterocycles. The number of hydrogen-bond donors (Lipinski definition) is 1. The number of nitrogens with one attached hydrogen (secondary N) is 1. The average molecular weight is 341 g/mol. The lowest BCUT2D eigenvalue weighted by Gasteiger charge is -2.36. The molecular formula is C19H21ClN4. The number of fused-ring (bicyclic) bond motifs is 1. The minimum absolute atomic E-state index is 0.846. The van der Waals surface area contributed by atoms with Crippen LogP contribution in [0, 0.1) is 0 Å². The molecule has 0 radical (unpaired) electrons. The number of anilines is 1. The third-order valence-electron chi connectivity index (χ3n) is 4.77. The van der Waals surface area contributed by atoms with Gasteiger partial charge in [0, 0.05) is 32.7 Å².